The summed E-state index contributed by atoms with van der Waals surface area (Å²) < 4.78 is 6.23. The Kier molecular flexibility index (Phi) is 4.90. The summed E-state index contributed by atoms with van der Waals surface area (Å²) in [6.07, 6.45) is 4.85. The number of aryl methyl sites for hydroxylation is 2. The lowest BCUT2D eigenvalue weighted by atomic mass is 10.0. The minimum Gasteiger partial charge on any atom is -0.490 e. The van der Waals surface area contributed by atoms with Crippen molar-refractivity contribution in [3.05, 3.63) is 29.3 Å². The first-order valence-electron chi connectivity index (χ1n) is 8.82. The Balaban J connectivity index is 1.53. The van der Waals surface area contributed by atoms with Crippen LogP contribution in [0.1, 0.15) is 43.2 Å². The van der Waals surface area contributed by atoms with Crippen LogP contribution in [0.25, 0.3) is 0 Å². The topological polar surface area (TPSA) is 55.6 Å². The van der Waals surface area contributed by atoms with Gasteiger partial charge in [-0.25, -0.2) is 0 Å². The van der Waals surface area contributed by atoms with Crippen molar-refractivity contribution in [3.8, 4) is 5.75 Å². The molecule has 1 aliphatic heterocycles. The Hall–Kier alpha value is -1.55. The van der Waals surface area contributed by atoms with Gasteiger partial charge in [0.15, 0.2) is 0 Å². The van der Waals surface area contributed by atoms with E-state index in [1.54, 1.807) is 0 Å². The average Bonchev–Trinajstić information content (AvgIpc) is 2.97. The Morgan fingerprint density at radius 3 is 2.35 bits per heavy atom. The fourth-order valence-electron chi connectivity index (χ4n) is 3.84. The SMILES string of the molecule is Cc1cccc(C)c1OC1CCN(C(=O)[C@H]2CC[C@H](N)C2)CC1. The van der Waals surface area contributed by atoms with E-state index in [0.29, 0.717) is 5.91 Å². The molecule has 23 heavy (non-hydrogen) atoms. The number of para-hydroxylation sites is 1. The molecule has 4 heteroatoms. The number of amides is 1. The van der Waals surface area contributed by atoms with Crippen molar-refractivity contribution in [2.45, 2.75) is 58.1 Å². The van der Waals surface area contributed by atoms with Crippen molar-refractivity contribution >= 4 is 5.91 Å². The third-order valence-corrected chi connectivity index (χ3v) is 5.27. The van der Waals surface area contributed by atoms with Gasteiger partial charge in [0, 0.05) is 37.9 Å². The highest BCUT2D eigenvalue weighted by atomic mass is 16.5. The second-order valence-corrected chi connectivity index (χ2v) is 7.13. The normalized spacial score (nSPS) is 25.6. The Morgan fingerprint density at radius 2 is 1.78 bits per heavy atom. The van der Waals surface area contributed by atoms with Crippen LogP contribution >= 0.6 is 0 Å². The molecule has 1 aromatic rings. The van der Waals surface area contributed by atoms with Gasteiger partial charge in [0.1, 0.15) is 11.9 Å². The third-order valence-electron chi connectivity index (χ3n) is 5.27. The van der Waals surface area contributed by atoms with E-state index >= 15 is 0 Å². The van der Waals surface area contributed by atoms with Gasteiger partial charge in [-0.3, -0.25) is 4.79 Å². The predicted octanol–water partition coefficient (Wildman–Crippen LogP) is 2.80. The maximum atomic E-state index is 12.5. The third kappa shape index (κ3) is 3.69. The molecular weight excluding hydrogens is 288 g/mol. The van der Waals surface area contributed by atoms with Crippen molar-refractivity contribution < 1.29 is 9.53 Å². The van der Waals surface area contributed by atoms with Gasteiger partial charge in [-0.2, -0.15) is 0 Å². The number of benzene rings is 1. The van der Waals surface area contributed by atoms with Crippen LogP contribution in [0.3, 0.4) is 0 Å². The summed E-state index contributed by atoms with van der Waals surface area (Å²) in [6.45, 7) is 5.79. The van der Waals surface area contributed by atoms with Crippen LogP contribution in [0.5, 0.6) is 5.75 Å². The fraction of sp³-hybridized carbons (Fsp3) is 0.632. The molecule has 0 bridgehead atoms. The number of ether oxygens (including phenoxy) is 1. The molecule has 2 aliphatic rings. The number of piperidine rings is 1. The summed E-state index contributed by atoms with van der Waals surface area (Å²) in [5.41, 5.74) is 8.31. The van der Waals surface area contributed by atoms with Gasteiger partial charge in [0.2, 0.25) is 5.91 Å². The molecule has 2 atom stereocenters. The Bertz CT molecular complexity index is 544. The molecule has 1 saturated heterocycles. The molecule has 0 unspecified atom stereocenters. The number of nitrogens with zero attached hydrogens (tertiary/aromatic N) is 1. The molecule has 0 radical (unpaired) electrons. The van der Waals surface area contributed by atoms with Crippen molar-refractivity contribution in [1.29, 1.82) is 0 Å². The average molecular weight is 316 g/mol. The van der Waals surface area contributed by atoms with Crippen LogP contribution in [-0.2, 0) is 4.79 Å². The van der Waals surface area contributed by atoms with E-state index in [9.17, 15) is 4.79 Å². The maximum absolute atomic E-state index is 12.5. The van der Waals surface area contributed by atoms with Crippen LogP contribution in [-0.4, -0.2) is 36.0 Å². The molecule has 3 rings (SSSR count). The number of likely N-dealkylation sites (tertiary alicyclic amines) is 1. The van der Waals surface area contributed by atoms with Crippen LogP contribution in [0.15, 0.2) is 18.2 Å². The highest BCUT2D eigenvalue weighted by molar-refractivity contribution is 5.79. The van der Waals surface area contributed by atoms with E-state index < -0.39 is 0 Å². The van der Waals surface area contributed by atoms with Gasteiger partial charge in [0.25, 0.3) is 0 Å². The molecule has 4 nitrogen and oxygen atoms in total. The van der Waals surface area contributed by atoms with Gasteiger partial charge in [-0.15, -0.1) is 0 Å². The fourth-order valence-corrected chi connectivity index (χ4v) is 3.84. The van der Waals surface area contributed by atoms with Gasteiger partial charge in [-0.1, -0.05) is 18.2 Å². The molecule has 0 spiro atoms. The highest BCUT2D eigenvalue weighted by Crippen LogP contribution is 2.29. The zero-order valence-electron chi connectivity index (χ0n) is 14.3. The van der Waals surface area contributed by atoms with Gasteiger partial charge >= 0.3 is 0 Å². The Morgan fingerprint density at radius 1 is 1.13 bits per heavy atom. The van der Waals surface area contributed by atoms with Crippen molar-refractivity contribution in [3.63, 3.8) is 0 Å². The molecule has 1 saturated carbocycles. The number of carbonyl (C=O) groups is 1. The standard InChI is InChI=1S/C19H28N2O2/c1-13-4-3-5-14(2)18(13)23-17-8-10-21(11-9-17)19(22)15-6-7-16(20)12-15/h3-5,15-17H,6-12,20H2,1-2H3/t15-,16-/m0/s1. The lowest BCUT2D eigenvalue weighted by Gasteiger charge is -2.34. The van der Waals surface area contributed by atoms with E-state index in [1.165, 1.54) is 11.1 Å². The lowest BCUT2D eigenvalue weighted by Crippen LogP contribution is -2.44. The van der Waals surface area contributed by atoms with Crippen molar-refractivity contribution in [2.24, 2.45) is 11.7 Å². The summed E-state index contributed by atoms with van der Waals surface area (Å²) in [5.74, 6) is 1.48. The van der Waals surface area contributed by atoms with Crippen molar-refractivity contribution in [2.75, 3.05) is 13.1 Å². The molecule has 0 aromatic heterocycles. The lowest BCUT2D eigenvalue weighted by molar-refractivity contribution is -0.137. The van der Waals surface area contributed by atoms with Crippen LogP contribution < -0.4 is 10.5 Å². The summed E-state index contributed by atoms with van der Waals surface area (Å²) in [7, 11) is 0. The molecule has 1 aromatic carbocycles. The van der Waals surface area contributed by atoms with Crippen LogP contribution in [0.4, 0.5) is 0 Å². The minimum atomic E-state index is 0.154. The summed E-state index contributed by atoms with van der Waals surface area (Å²) in [4.78, 5) is 14.6. The second-order valence-electron chi connectivity index (χ2n) is 7.13. The zero-order chi connectivity index (χ0) is 16.4. The molecule has 2 fully saturated rings. The van der Waals surface area contributed by atoms with E-state index in [2.05, 4.69) is 32.0 Å². The smallest absolute Gasteiger partial charge is 0.225 e. The van der Waals surface area contributed by atoms with E-state index in [0.717, 1.165) is 50.9 Å². The van der Waals surface area contributed by atoms with Gasteiger partial charge < -0.3 is 15.4 Å². The van der Waals surface area contributed by atoms with E-state index in [-0.39, 0.29) is 18.1 Å². The second kappa shape index (κ2) is 6.91. The number of nitrogens with two attached hydrogens (primary N) is 1. The van der Waals surface area contributed by atoms with Crippen LogP contribution in [0.2, 0.25) is 0 Å². The number of carbonyl (C=O) groups excluding carboxylic acids is 1. The molecule has 1 amide bonds. The summed E-state index contributed by atoms with van der Waals surface area (Å²) >= 11 is 0. The Labute approximate surface area is 139 Å². The first-order chi connectivity index (χ1) is 11.0. The zero-order valence-corrected chi connectivity index (χ0v) is 14.3. The molecule has 2 N–H and O–H groups in total. The molecule has 1 aliphatic carbocycles. The first-order valence-corrected chi connectivity index (χ1v) is 8.82. The molecule has 1 heterocycles. The summed E-state index contributed by atoms with van der Waals surface area (Å²) in [6, 6.07) is 6.45. The van der Waals surface area contributed by atoms with Gasteiger partial charge in [-0.05, 0) is 44.2 Å². The first kappa shape index (κ1) is 16.3. The van der Waals surface area contributed by atoms with E-state index in [1.807, 2.05) is 4.90 Å². The number of hydrogen-bond donors (Lipinski definition) is 1. The monoisotopic (exact) mass is 316 g/mol. The molecule has 126 valence electrons. The minimum absolute atomic E-state index is 0.154. The van der Waals surface area contributed by atoms with Crippen molar-refractivity contribution in [1.82, 2.24) is 4.90 Å². The highest BCUT2D eigenvalue weighted by Gasteiger charge is 2.33. The number of hydrogen-bond acceptors (Lipinski definition) is 3. The largest absolute Gasteiger partial charge is 0.490 e. The summed E-state index contributed by atoms with van der Waals surface area (Å²) in [5, 5.41) is 0. The molecular formula is C19H28N2O2. The predicted molar refractivity (Wildman–Crippen MR) is 91.5 cm³/mol. The van der Waals surface area contributed by atoms with Gasteiger partial charge in [0.05, 0.1) is 0 Å². The maximum Gasteiger partial charge on any atom is 0.225 e. The van der Waals surface area contributed by atoms with E-state index in [4.69, 9.17) is 10.5 Å². The van der Waals surface area contributed by atoms with Crippen LogP contribution in [0, 0.1) is 19.8 Å². The quantitative estimate of drug-likeness (QED) is 0.933. The number of rotatable bonds is 3.